The van der Waals surface area contributed by atoms with E-state index in [0.717, 1.165) is 0 Å². The Bertz CT molecular complexity index is 11.6. The van der Waals surface area contributed by atoms with E-state index in [1.165, 1.54) is 3.93 Å². The van der Waals surface area contributed by atoms with Gasteiger partial charge in [-0.2, -0.15) is 0 Å². The van der Waals surface area contributed by atoms with Gasteiger partial charge >= 0.3 is 42.4 Å². The minimum atomic E-state index is -0.640. The van der Waals surface area contributed by atoms with E-state index in [1.807, 2.05) is 0 Å². The van der Waals surface area contributed by atoms with Crippen LogP contribution >= 0.6 is 8.25 Å². The zero-order valence-corrected chi connectivity index (χ0v) is 9.05. The summed E-state index contributed by atoms with van der Waals surface area (Å²) in [6, 6.07) is 0. The summed E-state index contributed by atoms with van der Waals surface area (Å²) in [4.78, 5) is 0. The first kappa shape index (κ1) is 9.90. The fraction of sp³-hybridized carbons (Fsp3) is 1.00. The minimum absolute atomic E-state index is 0. The molecule has 0 saturated heterocycles. The Kier molecular flexibility index (Phi) is 18.3. The van der Waals surface area contributed by atoms with E-state index in [4.69, 9.17) is 8.25 Å². The second-order valence-electron chi connectivity index (χ2n) is 0.689. The van der Waals surface area contributed by atoms with Crippen LogP contribution in [0.15, 0.2) is 0 Å². The van der Waals surface area contributed by atoms with Gasteiger partial charge in [-0.25, -0.2) is 0 Å². The number of hydrogen-bond acceptors (Lipinski definition) is 0. The Morgan fingerprint density at radius 2 is 2.00 bits per heavy atom. The molecule has 0 aromatic carbocycles. The van der Waals surface area contributed by atoms with Crippen LogP contribution in [0.25, 0.3) is 0 Å². The maximum atomic E-state index is 5.41. The second kappa shape index (κ2) is 9.23. The fourth-order valence-corrected chi connectivity index (χ4v) is 0. The molecule has 0 amide bonds. The van der Waals surface area contributed by atoms with Crippen molar-refractivity contribution in [3.63, 3.8) is 0 Å². The quantitative estimate of drug-likeness (QED) is 0.617. The van der Waals surface area contributed by atoms with Gasteiger partial charge in [-0.15, -0.1) is 0 Å². The summed E-state index contributed by atoms with van der Waals surface area (Å²) in [6.07, 6.45) is 0. The van der Waals surface area contributed by atoms with Gasteiger partial charge in [-0.3, -0.25) is 0 Å². The molecule has 0 atom stereocenters. The molecule has 28 valence electrons. The third-order valence-electron chi connectivity index (χ3n) is 0.189. The average molecular weight is 295 g/mol. The molecule has 3 heteroatoms. The molecule has 0 saturated carbocycles. The SMILES string of the molecule is C[CH2][Hg][Cl].[AlH3]. The Hall–Kier alpha value is 1.76. The fourth-order valence-electron chi connectivity index (χ4n) is 0. The van der Waals surface area contributed by atoms with Crippen LogP contribution in [0, 0.1) is 0 Å². The summed E-state index contributed by atoms with van der Waals surface area (Å²) in [5.74, 6) is 0. The molecule has 0 fully saturated rings. The van der Waals surface area contributed by atoms with Crippen LogP contribution in [-0.4, -0.2) is 17.4 Å². The van der Waals surface area contributed by atoms with E-state index in [2.05, 4.69) is 6.92 Å². The first-order valence-corrected chi connectivity index (χ1v) is 12.1. The van der Waals surface area contributed by atoms with Crippen LogP contribution in [0.4, 0.5) is 0 Å². The molecule has 0 heterocycles. The molecule has 0 aromatic rings. The summed E-state index contributed by atoms with van der Waals surface area (Å²) in [5, 5.41) is 0. The zero-order valence-electron chi connectivity index (χ0n) is 2.79. The maximum absolute atomic E-state index is 5.41. The van der Waals surface area contributed by atoms with Gasteiger partial charge in [0.25, 0.3) is 0 Å². The Morgan fingerprint density at radius 3 is 2.00 bits per heavy atom. The van der Waals surface area contributed by atoms with E-state index in [1.54, 1.807) is 0 Å². The monoisotopic (exact) mass is 296 g/mol. The molecule has 5 heavy (non-hydrogen) atoms. The summed E-state index contributed by atoms with van der Waals surface area (Å²) in [5.41, 5.74) is 0. The van der Waals surface area contributed by atoms with Crippen LogP contribution in [0.1, 0.15) is 6.92 Å². The zero-order chi connectivity index (χ0) is 3.41. The van der Waals surface area contributed by atoms with Crippen molar-refractivity contribution < 1.29 is 23.3 Å². The molecular formula is C2H8AlClHg. The first-order valence-electron chi connectivity index (χ1n) is 1.47. The third-order valence-corrected chi connectivity index (χ3v) is 4.97. The van der Waals surface area contributed by atoms with Gasteiger partial charge in [0, 0.05) is 0 Å². The van der Waals surface area contributed by atoms with Crippen molar-refractivity contribution in [1.82, 2.24) is 0 Å². The van der Waals surface area contributed by atoms with Crippen LogP contribution in [0.3, 0.4) is 0 Å². The smallest absolute Gasteiger partial charge is 0.187 e. The average Bonchev–Trinajstić information content (AvgIpc) is 1.37. The normalized spacial score (nSPS) is 4.40. The van der Waals surface area contributed by atoms with Gasteiger partial charge < -0.3 is 0 Å². The topological polar surface area (TPSA) is 0 Å². The Morgan fingerprint density at radius 1 is 1.80 bits per heavy atom. The molecule has 0 radical (unpaired) electrons. The molecule has 0 aliphatic heterocycles. The number of hydrogen-bond donors (Lipinski definition) is 0. The predicted octanol–water partition coefficient (Wildman–Crippen LogP) is 0.477. The molecule has 0 aromatic heterocycles. The third kappa shape index (κ3) is 10.7. The summed E-state index contributed by atoms with van der Waals surface area (Å²) in [6.45, 7) is 2.15. The van der Waals surface area contributed by atoms with Gasteiger partial charge in [0.05, 0.1) is 0 Å². The van der Waals surface area contributed by atoms with Crippen molar-refractivity contribution in [3.05, 3.63) is 0 Å². The Balaban J connectivity index is 0. The molecule has 0 rings (SSSR count). The molecule has 0 unspecified atom stereocenters. The van der Waals surface area contributed by atoms with E-state index in [-0.39, 0.29) is 17.4 Å². The Labute approximate surface area is 59.3 Å². The van der Waals surface area contributed by atoms with Crippen LogP contribution < -0.4 is 0 Å². The summed E-state index contributed by atoms with van der Waals surface area (Å²) >= 11 is -0.640. The minimum Gasteiger partial charge on any atom is 0.187 e. The van der Waals surface area contributed by atoms with Gasteiger partial charge in [0.2, 0.25) is 0 Å². The van der Waals surface area contributed by atoms with Crippen molar-refractivity contribution in [1.29, 1.82) is 0 Å². The van der Waals surface area contributed by atoms with Crippen molar-refractivity contribution in [3.8, 4) is 0 Å². The standard InChI is InChI=1S/C2H5.Al.ClH.Hg.3H/c1-2;;;;;;/h1H2,2H3;;1H;;;;/q;;;+1;;;/p-1. The van der Waals surface area contributed by atoms with Gasteiger partial charge in [0.15, 0.2) is 17.4 Å². The van der Waals surface area contributed by atoms with Crippen molar-refractivity contribution in [2.24, 2.45) is 0 Å². The van der Waals surface area contributed by atoms with Gasteiger partial charge in [-0.05, 0) is 0 Å². The molecule has 0 bridgehead atoms. The molecule has 0 N–H and O–H groups in total. The van der Waals surface area contributed by atoms with Crippen molar-refractivity contribution in [2.45, 2.75) is 10.9 Å². The maximum Gasteiger partial charge on any atom is 0.187 e. The van der Waals surface area contributed by atoms with Crippen LogP contribution in [0.5, 0.6) is 0 Å². The van der Waals surface area contributed by atoms with Gasteiger partial charge in [-0.1, -0.05) is 0 Å². The van der Waals surface area contributed by atoms with Crippen molar-refractivity contribution >= 4 is 25.6 Å². The summed E-state index contributed by atoms with van der Waals surface area (Å²) in [7, 11) is 5.41. The molecular weight excluding hydrogens is 287 g/mol. The van der Waals surface area contributed by atoms with Gasteiger partial charge in [0.1, 0.15) is 0 Å². The second-order valence-corrected chi connectivity index (χ2v) is 9.36. The number of rotatable bonds is 1. The summed E-state index contributed by atoms with van der Waals surface area (Å²) < 4.78 is 1.31. The number of halogens is 1. The first-order chi connectivity index (χ1) is 1.91. The van der Waals surface area contributed by atoms with E-state index >= 15 is 0 Å². The molecule has 0 nitrogen and oxygen atoms in total. The van der Waals surface area contributed by atoms with Crippen LogP contribution in [-0.2, 0) is 23.3 Å². The van der Waals surface area contributed by atoms with Crippen molar-refractivity contribution in [2.75, 3.05) is 0 Å². The largest absolute Gasteiger partial charge is 0.187 e. The molecule has 0 spiro atoms. The van der Waals surface area contributed by atoms with Crippen LogP contribution in [0.2, 0.25) is 3.93 Å². The molecule has 0 aliphatic carbocycles. The van der Waals surface area contributed by atoms with E-state index in [9.17, 15) is 0 Å². The van der Waals surface area contributed by atoms with E-state index in [0.29, 0.717) is 0 Å². The molecule has 0 aliphatic rings. The van der Waals surface area contributed by atoms with E-state index < -0.39 is 23.3 Å². The predicted molar refractivity (Wildman–Crippen MR) is 26.3 cm³/mol.